The van der Waals surface area contributed by atoms with Gasteiger partial charge in [-0.25, -0.2) is 4.98 Å². The molecule has 0 N–H and O–H groups in total. The third-order valence-electron chi connectivity index (χ3n) is 4.45. The third kappa shape index (κ3) is 4.21. The third-order valence-corrected chi connectivity index (χ3v) is 4.45. The van der Waals surface area contributed by atoms with E-state index in [9.17, 15) is 22.8 Å². The topological polar surface area (TPSA) is 55.2 Å². The molecule has 0 aliphatic carbocycles. The fourth-order valence-corrected chi connectivity index (χ4v) is 2.95. The second-order valence-electron chi connectivity index (χ2n) is 6.41. The molecular weight excluding hydrogens is 371 g/mol. The number of aromatic nitrogens is 2. The number of hydrogen-bond acceptors (Lipinski definition) is 3. The van der Waals surface area contributed by atoms with Crippen LogP contribution in [-0.2, 0) is 24.1 Å². The van der Waals surface area contributed by atoms with Gasteiger partial charge in [-0.3, -0.25) is 14.2 Å². The highest BCUT2D eigenvalue weighted by Gasteiger charge is 2.33. The molecule has 2 aromatic carbocycles. The maximum absolute atomic E-state index is 13.1. The highest BCUT2D eigenvalue weighted by molar-refractivity contribution is 5.77. The minimum Gasteiger partial charge on any atom is -0.341 e. The monoisotopic (exact) mass is 389 g/mol. The van der Waals surface area contributed by atoms with E-state index in [2.05, 4.69) is 4.98 Å². The Morgan fingerprint density at radius 3 is 2.54 bits per heavy atom. The second-order valence-corrected chi connectivity index (χ2v) is 6.41. The van der Waals surface area contributed by atoms with Gasteiger partial charge in [-0.1, -0.05) is 30.3 Å². The molecular formula is C20H18F3N3O2. The predicted molar refractivity (Wildman–Crippen MR) is 98.5 cm³/mol. The van der Waals surface area contributed by atoms with Crippen molar-refractivity contribution in [2.75, 3.05) is 7.05 Å². The highest BCUT2D eigenvalue weighted by atomic mass is 19.4. The smallest absolute Gasteiger partial charge is 0.341 e. The van der Waals surface area contributed by atoms with E-state index in [1.54, 1.807) is 24.3 Å². The molecule has 1 heterocycles. The quantitative estimate of drug-likeness (QED) is 0.672. The van der Waals surface area contributed by atoms with Crippen molar-refractivity contribution < 1.29 is 18.0 Å². The molecule has 0 radical (unpaired) electrons. The van der Waals surface area contributed by atoms with Crippen molar-refractivity contribution in [2.45, 2.75) is 25.7 Å². The largest absolute Gasteiger partial charge is 0.416 e. The van der Waals surface area contributed by atoms with Gasteiger partial charge < -0.3 is 4.90 Å². The molecule has 28 heavy (non-hydrogen) atoms. The standard InChI is InChI=1S/C20H18F3N3O2/c1-25(12-14-6-2-4-8-16(14)20(21,22)23)18(27)10-11-26-13-24-17-9-5-3-7-15(17)19(26)28/h2-9,13H,10-12H2,1H3. The summed E-state index contributed by atoms with van der Waals surface area (Å²) in [4.78, 5) is 30.2. The van der Waals surface area contributed by atoms with Crippen molar-refractivity contribution in [1.82, 2.24) is 14.5 Å². The summed E-state index contributed by atoms with van der Waals surface area (Å²) in [5.41, 5.74) is -0.431. The lowest BCUT2D eigenvalue weighted by atomic mass is 10.1. The van der Waals surface area contributed by atoms with E-state index in [-0.39, 0.29) is 36.5 Å². The first kappa shape index (κ1) is 19.6. The molecule has 1 aromatic heterocycles. The van der Waals surface area contributed by atoms with Gasteiger partial charge in [-0.2, -0.15) is 13.2 Å². The SMILES string of the molecule is CN(Cc1ccccc1C(F)(F)F)C(=O)CCn1cnc2ccccc2c1=O. The first-order chi connectivity index (χ1) is 13.3. The molecule has 8 heteroatoms. The summed E-state index contributed by atoms with van der Waals surface area (Å²) in [6.07, 6.45) is -3.13. The number of amides is 1. The molecule has 146 valence electrons. The molecule has 0 unspecified atom stereocenters. The Kier molecular flexibility index (Phi) is 5.48. The molecule has 5 nitrogen and oxygen atoms in total. The number of alkyl halides is 3. The van der Waals surface area contributed by atoms with Crippen LogP contribution in [0, 0.1) is 0 Å². The summed E-state index contributed by atoms with van der Waals surface area (Å²) in [6.45, 7) is -0.0693. The maximum atomic E-state index is 13.1. The molecule has 0 bridgehead atoms. The van der Waals surface area contributed by atoms with Crippen LogP contribution in [0.1, 0.15) is 17.5 Å². The van der Waals surface area contributed by atoms with Crippen LogP contribution >= 0.6 is 0 Å². The average molecular weight is 389 g/mol. The van der Waals surface area contributed by atoms with Crippen molar-refractivity contribution in [3.8, 4) is 0 Å². The van der Waals surface area contributed by atoms with Crippen LogP contribution in [0.2, 0.25) is 0 Å². The summed E-state index contributed by atoms with van der Waals surface area (Å²) in [5, 5.41) is 0.449. The number of hydrogen-bond donors (Lipinski definition) is 0. The number of fused-ring (bicyclic) bond motifs is 1. The summed E-state index contributed by atoms with van der Waals surface area (Å²) >= 11 is 0. The molecule has 3 aromatic rings. The number of carbonyl (C=O) groups is 1. The Labute approximate surface area is 159 Å². The number of benzene rings is 2. The average Bonchev–Trinajstić information content (AvgIpc) is 2.67. The van der Waals surface area contributed by atoms with Crippen LogP contribution in [-0.4, -0.2) is 27.4 Å². The first-order valence-electron chi connectivity index (χ1n) is 8.60. The van der Waals surface area contributed by atoms with Gasteiger partial charge in [-0.15, -0.1) is 0 Å². The predicted octanol–water partition coefficient (Wildman–Crippen LogP) is 3.46. The number of rotatable bonds is 5. The van der Waals surface area contributed by atoms with Gasteiger partial charge in [-0.05, 0) is 23.8 Å². The van der Waals surface area contributed by atoms with Crippen molar-refractivity contribution in [3.63, 3.8) is 0 Å². The summed E-state index contributed by atoms with van der Waals surface area (Å²) < 4.78 is 40.6. The summed E-state index contributed by atoms with van der Waals surface area (Å²) in [5.74, 6) is -0.364. The van der Waals surface area contributed by atoms with Crippen LogP contribution < -0.4 is 5.56 Å². The molecule has 0 aliphatic heterocycles. The van der Waals surface area contributed by atoms with Crippen LogP contribution in [0.25, 0.3) is 10.9 Å². The Bertz CT molecular complexity index is 1060. The normalized spacial score (nSPS) is 11.6. The Balaban J connectivity index is 1.69. The minimum atomic E-state index is -4.48. The van der Waals surface area contributed by atoms with Crippen molar-refractivity contribution >= 4 is 16.8 Å². The lowest BCUT2D eigenvalue weighted by Crippen LogP contribution is -2.30. The van der Waals surface area contributed by atoms with Crippen molar-refractivity contribution in [3.05, 3.63) is 76.3 Å². The molecule has 1 amide bonds. The van der Waals surface area contributed by atoms with Crippen LogP contribution in [0.5, 0.6) is 0 Å². The van der Waals surface area contributed by atoms with E-state index < -0.39 is 11.7 Å². The highest BCUT2D eigenvalue weighted by Crippen LogP contribution is 2.32. The van der Waals surface area contributed by atoms with E-state index in [1.807, 2.05) is 0 Å². The Morgan fingerprint density at radius 1 is 1.11 bits per heavy atom. The van der Waals surface area contributed by atoms with Crippen molar-refractivity contribution in [2.24, 2.45) is 0 Å². The maximum Gasteiger partial charge on any atom is 0.416 e. The van der Waals surface area contributed by atoms with Gasteiger partial charge in [0.15, 0.2) is 0 Å². The number of para-hydroxylation sites is 1. The Morgan fingerprint density at radius 2 is 1.79 bits per heavy atom. The first-order valence-corrected chi connectivity index (χ1v) is 8.60. The van der Waals surface area contributed by atoms with E-state index in [4.69, 9.17) is 0 Å². The van der Waals surface area contributed by atoms with Gasteiger partial charge in [0.2, 0.25) is 5.91 Å². The van der Waals surface area contributed by atoms with Gasteiger partial charge in [0.05, 0.1) is 22.8 Å². The van der Waals surface area contributed by atoms with E-state index in [1.165, 1.54) is 41.0 Å². The zero-order valence-electron chi connectivity index (χ0n) is 15.1. The molecule has 0 aliphatic rings. The minimum absolute atomic E-state index is 0.0232. The van der Waals surface area contributed by atoms with Crippen LogP contribution in [0.4, 0.5) is 13.2 Å². The van der Waals surface area contributed by atoms with Crippen molar-refractivity contribution in [1.29, 1.82) is 0 Å². The second kappa shape index (κ2) is 7.84. The lowest BCUT2D eigenvalue weighted by Gasteiger charge is -2.20. The molecule has 0 saturated carbocycles. The van der Waals surface area contributed by atoms with Gasteiger partial charge in [0.25, 0.3) is 5.56 Å². The van der Waals surface area contributed by atoms with Gasteiger partial charge in [0.1, 0.15) is 0 Å². The van der Waals surface area contributed by atoms with Gasteiger partial charge >= 0.3 is 6.18 Å². The summed E-state index contributed by atoms with van der Waals surface area (Å²) in [7, 11) is 1.44. The zero-order valence-corrected chi connectivity index (χ0v) is 15.1. The Hall–Kier alpha value is -3.16. The fraction of sp³-hybridized carbons (Fsp3) is 0.250. The van der Waals surface area contributed by atoms with Crippen LogP contribution in [0.3, 0.4) is 0 Å². The molecule has 0 atom stereocenters. The lowest BCUT2D eigenvalue weighted by molar-refractivity contribution is -0.139. The van der Waals surface area contributed by atoms with Gasteiger partial charge in [0, 0.05) is 26.6 Å². The molecule has 3 rings (SSSR count). The van der Waals surface area contributed by atoms with Crippen LogP contribution in [0.15, 0.2) is 59.7 Å². The number of carbonyl (C=O) groups excluding carboxylic acids is 1. The number of nitrogens with zero attached hydrogens (tertiary/aromatic N) is 3. The fourth-order valence-electron chi connectivity index (χ4n) is 2.95. The molecule has 0 spiro atoms. The molecule has 0 saturated heterocycles. The van der Waals surface area contributed by atoms with E-state index in [0.717, 1.165) is 6.07 Å². The number of aryl methyl sites for hydroxylation is 1. The number of halogens is 3. The zero-order chi connectivity index (χ0) is 20.3. The van der Waals surface area contributed by atoms with E-state index >= 15 is 0 Å². The van der Waals surface area contributed by atoms with E-state index in [0.29, 0.717) is 10.9 Å². The molecule has 0 fully saturated rings. The summed E-state index contributed by atoms with van der Waals surface area (Å²) in [6, 6.07) is 12.0.